The van der Waals surface area contributed by atoms with Crippen molar-refractivity contribution in [3.05, 3.63) is 29.8 Å². The largest absolute Gasteiger partial charge is 0.545 e. The average molecular weight is 454 g/mol. The van der Waals surface area contributed by atoms with Crippen molar-refractivity contribution in [1.29, 1.82) is 0 Å². The molecule has 150 valence electrons. The lowest BCUT2D eigenvalue weighted by Gasteiger charge is -2.28. The van der Waals surface area contributed by atoms with Gasteiger partial charge in [0.2, 0.25) is 9.70 Å². The normalized spacial score (nSPS) is 12.1. The summed E-state index contributed by atoms with van der Waals surface area (Å²) in [4.78, 5) is 23.2. The molecule has 0 fully saturated rings. The summed E-state index contributed by atoms with van der Waals surface area (Å²) in [5, 5.41) is 19.1. The molecule has 1 aromatic carbocycles. The number of hydrogen-bond donors (Lipinski definition) is 3. The molecule has 1 rings (SSSR count). The fourth-order valence-corrected chi connectivity index (χ4v) is 2.76. The van der Waals surface area contributed by atoms with Gasteiger partial charge in [0.25, 0.3) is 0 Å². The summed E-state index contributed by atoms with van der Waals surface area (Å²) in [5.41, 5.74) is 0.135. The van der Waals surface area contributed by atoms with E-state index in [2.05, 4.69) is 22.9 Å². The van der Waals surface area contributed by atoms with E-state index in [-0.39, 0.29) is 22.3 Å². The number of carboxylic acids is 1. The number of carboxylic acid groups (broad SMARTS) is 1. The Morgan fingerprint density at radius 3 is 2.41 bits per heavy atom. The van der Waals surface area contributed by atoms with Gasteiger partial charge >= 0.3 is 0 Å². The molecule has 0 spiro atoms. The Balaban J connectivity index is 2.70. The molecular weight excluding hydrogens is 433 g/mol. The molecule has 27 heavy (non-hydrogen) atoms. The summed E-state index contributed by atoms with van der Waals surface area (Å²) in [6.07, 6.45) is 2.98. The Bertz CT molecular complexity index is 668. The molecule has 0 saturated carbocycles. The Morgan fingerprint density at radius 2 is 1.81 bits per heavy atom. The van der Waals surface area contributed by atoms with Crippen LogP contribution in [0.4, 0.5) is 5.69 Å². The number of rotatable bonds is 9. The number of para-hydroxylation sites is 1. The molecule has 0 aliphatic heterocycles. The van der Waals surface area contributed by atoms with Crippen molar-refractivity contribution in [2.75, 3.05) is 5.32 Å². The van der Waals surface area contributed by atoms with E-state index in [1.807, 2.05) is 0 Å². The van der Waals surface area contributed by atoms with Crippen LogP contribution in [0.15, 0.2) is 24.3 Å². The summed E-state index contributed by atoms with van der Waals surface area (Å²) in [7, 11) is 0. The first-order valence-electron chi connectivity index (χ1n) is 8.39. The van der Waals surface area contributed by atoms with Gasteiger partial charge < -0.3 is 25.9 Å². The lowest BCUT2D eigenvalue weighted by Crippen LogP contribution is -2.56. The third-order valence-electron chi connectivity index (χ3n) is 3.56. The molecule has 0 radical (unpaired) electrons. The number of hydrogen-bond acceptors (Lipinski definition) is 4. The Kier molecular flexibility index (Phi) is 10.2. The van der Waals surface area contributed by atoms with Crippen LogP contribution in [0, 0.1) is 0 Å². The van der Waals surface area contributed by atoms with Gasteiger partial charge in [-0.25, -0.2) is 0 Å². The smallest absolute Gasteiger partial charge is 0.228 e. The third-order valence-corrected chi connectivity index (χ3v) is 4.44. The van der Waals surface area contributed by atoms with Gasteiger partial charge in [-0.15, -0.1) is 0 Å². The number of halogens is 3. The summed E-state index contributed by atoms with van der Waals surface area (Å²) in [5.74, 6) is -1.65. The van der Waals surface area contributed by atoms with Crippen LogP contribution < -0.4 is 21.1 Å². The number of benzene rings is 1. The molecule has 0 heterocycles. The number of carbonyl (C=O) groups excluding carboxylic acids is 2. The van der Waals surface area contributed by atoms with E-state index in [4.69, 9.17) is 47.0 Å². The van der Waals surface area contributed by atoms with Gasteiger partial charge in [-0.2, -0.15) is 0 Å². The second-order valence-corrected chi connectivity index (χ2v) is 8.56. The number of amides is 1. The zero-order valence-electron chi connectivity index (χ0n) is 14.7. The zero-order chi connectivity index (χ0) is 20.4. The molecule has 0 unspecified atom stereocenters. The summed E-state index contributed by atoms with van der Waals surface area (Å²) < 4.78 is -1.88. The van der Waals surface area contributed by atoms with Crippen molar-refractivity contribution in [2.24, 2.45) is 0 Å². The van der Waals surface area contributed by atoms with E-state index >= 15 is 0 Å². The van der Waals surface area contributed by atoms with E-state index in [1.54, 1.807) is 12.1 Å². The highest BCUT2D eigenvalue weighted by atomic mass is 35.6. The minimum Gasteiger partial charge on any atom is -0.545 e. The molecule has 6 nitrogen and oxygen atoms in total. The van der Waals surface area contributed by atoms with Crippen molar-refractivity contribution in [1.82, 2.24) is 10.6 Å². The van der Waals surface area contributed by atoms with Crippen LogP contribution in [-0.4, -0.2) is 26.9 Å². The van der Waals surface area contributed by atoms with Crippen molar-refractivity contribution in [2.45, 2.75) is 49.0 Å². The second kappa shape index (κ2) is 11.5. The number of nitrogens with one attached hydrogen (secondary N) is 3. The maximum Gasteiger partial charge on any atom is 0.228 e. The van der Waals surface area contributed by atoms with Crippen molar-refractivity contribution in [3.63, 3.8) is 0 Å². The molecule has 10 heteroatoms. The number of aromatic carboxylic acids is 1. The fourth-order valence-electron chi connectivity index (χ4n) is 2.20. The van der Waals surface area contributed by atoms with E-state index in [9.17, 15) is 14.7 Å². The quantitative estimate of drug-likeness (QED) is 0.230. The van der Waals surface area contributed by atoms with Crippen LogP contribution in [-0.2, 0) is 4.79 Å². The minimum atomic E-state index is -1.88. The number of thiocarbonyl (C=S) groups is 1. The summed E-state index contributed by atoms with van der Waals surface area (Å²) in [6.45, 7) is 2.08. The predicted octanol–water partition coefficient (Wildman–Crippen LogP) is 3.12. The standard InChI is InChI=1S/C17H22Cl3N3O3S/c1-2-3-4-5-10-13(24)22-15(17(18,19)20)23-16(27)21-12-9-7-6-8-11(12)14(25)26/h6-9,15H,2-5,10H2,1H3,(H,22,24)(H,25,26)(H2,21,23,27)/p-1/t15-/m1/s1. The van der Waals surface area contributed by atoms with Gasteiger partial charge in [0.1, 0.15) is 6.17 Å². The van der Waals surface area contributed by atoms with Gasteiger partial charge in [0.15, 0.2) is 5.11 Å². The van der Waals surface area contributed by atoms with Crippen LogP contribution in [0.2, 0.25) is 0 Å². The van der Waals surface area contributed by atoms with Gasteiger partial charge in [-0.05, 0) is 24.7 Å². The highest BCUT2D eigenvalue weighted by Crippen LogP contribution is 2.29. The van der Waals surface area contributed by atoms with Gasteiger partial charge in [-0.1, -0.05) is 79.2 Å². The predicted molar refractivity (Wildman–Crippen MR) is 111 cm³/mol. The van der Waals surface area contributed by atoms with Crippen LogP contribution >= 0.6 is 47.0 Å². The number of alkyl halides is 3. The Labute approximate surface area is 178 Å². The lowest BCUT2D eigenvalue weighted by atomic mass is 10.1. The van der Waals surface area contributed by atoms with E-state index in [0.717, 1.165) is 25.7 Å². The highest BCUT2D eigenvalue weighted by molar-refractivity contribution is 7.80. The van der Waals surface area contributed by atoms with Crippen molar-refractivity contribution in [3.8, 4) is 0 Å². The molecule has 1 amide bonds. The van der Waals surface area contributed by atoms with Crippen LogP contribution in [0.3, 0.4) is 0 Å². The lowest BCUT2D eigenvalue weighted by molar-refractivity contribution is -0.254. The molecule has 0 aliphatic rings. The highest BCUT2D eigenvalue weighted by Gasteiger charge is 2.34. The SMILES string of the molecule is CCCCCCC(=O)N[C@H](NC(=S)Nc1ccccc1C(=O)[O-])C(Cl)(Cl)Cl. The van der Waals surface area contributed by atoms with Crippen LogP contribution in [0.25, 0.3) is 0 Å². The van der Waals surface area contributed by atoms with Crippen molar-refractivity contribution >= 4 is 69.7 Å². The van der Waals surface area contributed by atoms with Crippen LogP contribution in [0.5, 0.6) is 0 Å². The van der Waals surface area contributed by atoms with E-state index < -0.39 is 15.9 Å². The Morgan fingerprint density at radius 1 is 1.15 bits per heavy atom. The van der Waals surface area contributed by atoms with E-state index in [0.29, 0.717) is 6.42 Å². The topological polar surface area (TPSA) is 93.3 Å². The number of unbranched alkanes of at least 4 members (excludes halogenated alkanes) is 3. The van der Waals surface area contributed by atoms with Crippen LogP contribution in [0.1, 0.15) is 49.4 Å². The molecule has 1 atom stereocenters. The maximum absolute atomic E-state index is 12.1. The molecule has 0 aliphatic carbocycles. The molecule has 0 aromatic heterocycles. The molecule has 0 bridgehead atoms. The molecule has 1 aromatic rings. The van der Waals surface area contributed by atoms with Gasteiger partial charge in [-0.3, -0.25) is 4.79 Å². The zero-order valence-corrected chi connectivity index (χ0v) is 17.8. The summed E-state index contributed by atoms with van der Waals surface area (Å²) in [6, 6.07) is 6.05. The fraction of sp³-hybridized carbons (Fsp3) is 0.471. The first-order valence-corrected chi connectivity index (χ1v) is 9.93. The molecular formula is C17H21Cl3N3O3S-. The second-order valence-electron chi connectivity index (χ2n) is 5.78. The third kappa shape index (κ3) is 8.97. The first kappa shape index (κ1) is 23.8. The van der Waals surface area contributed by atoms with E-state index in [1.165, 1.54) is 12.1 Å². The van der Waals surface area contributed by atoms with Gasteiger partial charge in [0, 0.05) is 17.7 Å². The Hall–Kier alpha value is -1.28. The first-order chi connectivity index (χ1) is 12.6. The summed E-state index contributed by atoms with van der Waals surface area (Å²) >= 11 is 22.9. The number of anilines is 1. The van der Waals surface area contributed by atoms with Crippen molar-refractivity contribution < 1.29 is 14.7 Å². The maximum atomic E-state index is 12.1. The minimum absolute atomic E-state index is 0.0219. The molecule has 3 N–H and O–H groups in total. The monoisotopic (exact) mass is 452 g/mol. The average Bonchev–Trinajstić information content (AvgIpc) is 2.57. The molecule has 0 saturated heterocycles. The van der Waals surface area contributed by atoms with Gasteiger partial charge in [0.05, 0.1) is 5.97 Å². The number of carbonyl (C=O) groups is 2.